The van der Waals surface area contributed by atoms with Crippen LogP contribution in [-0.4, -0.2) is 26.8 Å². The van der Waals surface area contributed by atoms with E-state index in [-0.39, 0.29) is 28.8 Å². The zero-order valence-electron chi connectivity index (χ0n) is 17.3. The number of nitrogens with one attached hydrogen (secondary N) is 2. The van der Waals surface area contributed by atoms with Crippen LogP contribution in [-0.2, 0) is 14.8 Å². The Morgan fingerprint density at radius 1 is 0.938 bits per heavy atom. The summed E-state index contributed by atoms with van der Waals surface area (Å²) in [6.07, 6.45) is 2.12. The standard InChI is InChI=1S/C23H24ClN3O4S/c24-20-13-12-16-7-3-4-10-19(16)22(20)32(30,31)26-14-5-1-2-11-21(28)27-18-9-6-8-17(15-18)23(25)29/h3-4,6-10,12-13,15,26H,1-2,5,11,14H2,(H2,25,29)(H,27,28). The Labute approximate surface area is 192 Å². The van der Waals surface area contributed by atoms with Gasteiger partial charge >= 0.3 is 0 Å². The summed E-state index contributed by atoms with van der Waals surface area (Å²) >= 11 is 6.19. The minimum absolute atomic E-state index is 0.0786. The fourth-order valence-corrected chi connectivity index (χ4v) is 5.16. The molecular weight excluding hydrogens is 450 g/mol. The molecule has 4 N–H and O–H groups in total. The number of primary amides is 1. The van der Waals surface area contributed by atoms with E-state index in [2.05, 4.69) is 10.0 Å². The number of rotatable bonds is 10. The first-order chi connectivity index (χ1) is 15.3. The smallest absolute Gasteiger partial charge is 0.248 e. The average Bonchev–Trinajstić information content (AvgIpc) is 2.76. The molecule has 32 heavy (non-hydrogen) atoms. The van der Waals surface area contributed by atoms with Crippen LogP contribution in [0, 0.1) is 0 Å². The number of hydrogen-bond donors (Lipinski definition) is 3. The lowest BCUT2D eigenvalue weighted by atomic mass is 10.1. The van der Waals surface area contributed by atoms with Crippen LogP contribution in [0.2, 0.25) is 5.02 Å². The minimum Gasteiger partial charge on any atom is -0.366 e. The number of carbonyl (C=O) groups excluding carboxylic acids is 2. The van der Waals surface area contributed by atoms with Crippen LogP contribution in [0.15, 0.2) is 65.6 Å². The highest BCUT2D eigenvalue weighted by Gasteiger charge is 2.20. The van der Waals surface area contributed by atoms with Gasteiger partial charge in [-0.3, -0.25) is 9.59 Å². The molecule has 0 saturated carbocycles. The van der Waals surface area contributed by atoms with Gasteiger partial charge in [0.15, 0.2) is 0 Å². The van der Waals surface area contributed by atoms with Gasteiger partial charge in [-0.1, -0.05) is 54.4 Å². The molecule has 9 heteroatoms. The molecule has 0 aliphatic heterocycles. The second-order valence-corrected chi connectivity index (χ2v) is 9.41. The summed E-state index contributed by atoms with van der Waals surface area (Å²) in [6.45, 7) is 0.240. The molecule has 0 atom stereocenters. The van der Waals surface area contributed by atoms with E-state index in [0.29, 0.717) is 35.9 Å². The number of carbonyl (C=O) groups is 2. The van der Waals surface area contributed by atoms with Crippen molar-refractivity contribution in [1.82, 2.24) is 4.72 Å². The van der Waals surface area contributed by atoms with E-state index in [1.165, 1.54) is 6.07 Å². The molecule has 3 rings (SSSR count). The number of unbranched alkanes of at least 4 members (excludes halogenated alkanes) is 2. The molecule has 0 saturated heterocycles. The lowest BCUT2D eigenvalue weighted by Crippen LogP contribution is -2.25. The van der Waals surface area contributed by atoms with Crippen molar-refractivity contribution in [3.63, 3.8) is 0 Å². The van der Waals surface area contributed by atoms with Gasteiger partial charge in [0.25, 0.3) is 0 Å². The molecular formula is C23H24ClN3O4S. The second kappa shape index (κ2) is 10.6. The molecule has 0 fully saturated rings. The van der Waals surface area contributed by atoms with Crippen molar-refractivity contribution in [2.75, 3.05) is 11.9 Å². The van der Waals surface area contributed by atoms with E-state index in [4.69, 9.17) is 17.3 Å². The van der Waals surface area contributed by atoms with E-state index in [9.17, 15) is 18.0 Å². The van der Waals surface area contributed by atoms with Gasteiger partial charge in [0, 0.05) is 29.6 Å². The second-order valence-electron chi connectivity index (χ2n) is 7.30. The quantitative estimate of drug-likeness (QED) is 0.384. The molecule has 0 aliphatic rings. The van der Waals surface area contributed by atoms with Crippen LogP contribution in [0.4, 0.5) is 5.69 Å². The van der Waals surface area contributed by atoms with E-state index >= 15 is 0 Å². The first-order valence-corrected chi connectivity index (χ1v) is 12.0. The Hall–Kier alpha value is -2.94. The van der Waals surface area contributed by atoms with Crippen molar-refractivity contribution in [2.24, 2.45) is 5.73 Å². The van der Waals surface area contributed by atoms with Crippen molar-refractivity contribution in [3.8, 4) is 0 Å². The molecule has 0 heterocycles. The van der Waals surface area contributed by atoms with Crippen LogP contribution in [0.25, 0.3) is 10.8 Å². The highest BCUT2D eigenvalue weighted by Crippen LogP contribution is 2.30. The van der Waals surface area contributed by atoms with Gasteiger partial charge in [-0.25, -0.2) is 13.1 Å². The number of benzene rings is 3. The number of anilines is 1. The monoisotopic (exact) mass is 473 g/mol. The minimum atomic E-state index is -3.77. The van der Waals surface area contributed by atoms with Crippen molar-refractivity contribution < 1.29 is 18.0 Å². The Morgan fingerprint density at radius 2 is 1.72 bits per heavy atom. The summed E-state index contributed by atoms with van der Waals surface area (Å²) < 4.78 is 28.2. The molecule has 0 aromatic heterocycles. The number of sulfonamides is 1. The first-order valence-electron chi connectivity index (χ1n) is 10.1. The summed E-state index contributed by atoms with van der Waals surface area (Å²) in [7, 11) is -3.77. The zero-order chi connectivity index (χ0) is 23.1. The molecule has 168 valence electrons. The van der Waals surface area contributed by atoms with E-state index in [1.807, 2.05) is 12.1 Å². The van der Waals surface area contributed by atoms with Crippen LogP contribution in [0.3, 0.4) is 0 Å². The largest absolute Gasteiger partial charge is 0.366 e. The number of fused-ring (bicyclic) bond motifs is 1. The number of nitrogens with two attached hydrogens (primary N) is 1. The predicted molar refractivity (Wildman–Crippen MR) is 126 cm³/mol. The van der Waals surface area contributed by atoms with Crippen molar-refractivity contribution in [3.05, 3.63) is 71.2 Å². The predicted octanol–water partition coefficient (Wildman–Crippen LogP) is 4.07. The lowest BCUT2D eigenvalue weighted by Gasteiger charge is -2.11. The third kappa shape index (κ3) is 6.06. The Kier molecular flexibility index (Phi) is 7.84. The highest BCUT2D eigenvalue weighted by atomic mass is 35.5. The summed E-state index contributed by atoms with van der Waals surface area (Å²) in [5, 5.41) is 4.27. The molecule has 7 nitrogen and oxygen atoms in total. The third-order valence-electron chi connectivity index (χ3n) is 4.90. The molecule has 0 spiro atoms. The van der Waals surface area contributed by atoms with Gasteiger partial charge in [0.2, 0.25) is 21.8 Å². The van der Waals surface area contributed by atoms with Crippen molar-refractivity contribution in [2.45, 2.75) is 30.6 Å². The van der Waals surface area contributed by atoms with Gasteiger partial charge in [0.05, 0.1) is 5.02 Å². The maximum Gasteiger partial charge on any atom is 0.248 e. The Balaban J connectivity index is 1.46. The summed E-state index contributed by atoms with van der Waals surface area (Å²) in [5.74, 6) is -0.747. The van der Waals surface area contributed by atoms with Gasteiger partial charge in [0.1, 0.15) is 4.90 Å². The highest BCUT2D eigenvalue weighted by molar-refractivity contribution is 7.89. The molecule has 0 radical (unpaired) electrons. The number of halogens is 1. The molecule has 0 aliphatic carbocycles. The maximum absolute atomic E-state index is 12.8. The summed E-state index contributed by atoms with van der Waals surface area (Å²) in [6, 6.07) is 17.0. The fraction of sp³-hybridized carbons (Fsp3) is 0.217. The normalized spacial score (nSPS) is 11.4. The molecule has 3 aromatic carbocycles. The first kappa shape index (κ1) is 23.7. The average molecular weight is 474 g/mol. The van der Waals surface area contributed by atoms with Crippen molar-refractivity contribution in [1.29, 1.82) is 0 Å². The van der Waals surface area contributed by atoms with Gasteiger partial charge in [-0.05, 0) is 42.5 Å². The van der Waals surface area contributed by atoms with Crippen LogP contribution in [0.1, 0.15) is 36.0 Å². The molecule has 0 bridgehead atoms. The van der Waals surface area contributed by atoms with E-state index in [1.54, 1.807) is 42.5 Å². The van der Waals surface area contributed by atoms with Crippen LogP contribution in [0.5, 0.6) is 0 Å². The van der Waals surface area contributed by atoms with Crippen LogP contribution < -0.4 is 15.8 Å². The summed E-state index contributed by atoms with van der Waals surface area (Å²) in [4.78, 5) is 23.4. The molecule has 0 unspecified atom stereocenters. The topological polar surface area (TPSA) is 118 Å². The lowest BCUT2D eigenvalue weighted by molar-refractivity contribution is -0.116. The fourth-order valence-electron chi connectivity index (χ4n) is 3.33. The zero-order valence-corrected chi connectivity index (χ0v) is 18.9. The Bertz CT molecular complexity index is 1240. The van der Waals surface area contributed by atoms with Crippen molar-refractivity contribution >= 4 is 49.9 Å². The SMILES string of the molecule is NC(=O)c1cccc(NC(=O)CCCCCNS(=O)(=O)c2c(Cl)ccc3ccccc23)c1. The molecule has 3 aromatic rings. The van der Waals surface area contributed by atoms with Gasteiger partial charge in [-0.2, -0.15) is 0 Å². The number of hydrogen-bond acceptors (Lipinski definition) is 4. The van der Waals surface area contributed by atoms with E-state index < -0.39 is 15.9 Å². The maximum atomic E-state index is 12.8. The van der Waals surface area contributed by atoms with Gasteiger partial charge < -0.3 is 11.1 Å². The number of amides is 2. The van der Waals surface area contributed by atoms with E-state index in [0.717, 1.165) is 5.39 Å². The van der Waals surface area contributed by atoms with Gasteiger partial charge in [-0.15, -0.1) is 0 Å². The third-order valence-corrected chi connectivity index (χ3v) is 6.89. The Morgan fingerprint density at radius 3 is 2.50 bits per heavy atom. The molecule has 2 amide bonds. The summed E-state index contributed by atoms with van der Waals surface area (Å²) in [5.41, 5.74) is 6.06. The van der Waals surface area contributed by atoms with Crippen LogP contribution >= 0.6 is 11.6 Å².